The summed E-state index contributed by atoms with van der Waals surface area (Å²) in [6.07, 6.45) is -1.87. The van der Waals surface area contributed by atoms with Crippen molar-refractivity contribution in [3.63, 3.8) is 0 Å². The van der Waals surface area contributed by atoms with Crippen LogP contribution in [-0.2, 0) is 5.54 Å². The zero-order valence-corrected chi connectivity index (χ0v) is 8.92. The summed E-state index contributed by atoms with van der Waals surface area (Å²) in [6.45, 7) is 0. The maximum absolute atomic E-state index is 13.7. The van der Waals surface area contributed by atoms with E-state index in [2.05, 4.69) is 0 Å². The first-order valence-electron chi connectivity index (χ1n) is 4.96. The molecule has 0 aliphatic heterocycles. The fraction of sp³-hybridized carbons (Fsp3) is 0.400. The minimum absolute atomic E-state index is 0.633. The van der Waals surface area contributed by atoms with Crippen LogP contribution in [0.25, 0.3) is 0 Å². The average Bonchev–Trinajstić information content (AvgIpc) is 2.12. The lowest BCUT2D eigenvalue weighted by atomic mass is 9.69. The van der Waals surface area contributed by atoms with E-state index in [9.17, 15) is 27.7 Å². The largest absolute Gasteiger partial charge is 0.321 e. The van der Waals surface area contributed by atoms with Gasteiger partial charge in [0.15, 0.2) is 0 Å². The lowest BCUT2D eigenvalue weighted by Gasteiger charge is -2.44. The van der Waals surface area contributed by atoms with Crippen LogP contribution in [0.4, 0.5) is 23.2 Å². The van der Waals surface area contributed by atoms with E-state index in [0.717, 1.165) is 0 Å². The highest BCUT2D eigenvalue weighted by Crippen LogP contribution is 2.51. The van der Waals surface area contributed by atoms with Crippen molar-refractivity contribution in [2.75, 3.05) is 0 Å². The number of nitro groups is 1. The molecule has 0 spiro atoms. The minimum atomic E-state index is -3.10. The number of nitrogens with two attached hydrogens (primary N) is 1. The molecule has 2 rings (SSSR count). The summed E-state index contributed by atoms with van der Waals surface area (Å²) in [7, 11) is 0. The first kappa shape index (κ1) is 12.7. The summed E-state index contributed by atoms with van der Waals surface area (Å²) in [6, 6.07) is 1.29. The summed E-state index contributed by atoms with van der Waals surface area (Å²) in [5, 5.41) is 10.5. The molecule has 2 N–H and O–H groups in total. The van der Waals surface area contributed by atoms with Gasteiger partial charge in [-0.1, -0.05) is 0 Å². The Bertz CT molecular complexity index is 525. The van der Waals surface area contributed by atoms with Crippen molar-refractivity contribution >= 4 is 5.69 Å². The summed E-state index contributed by atoms with van der Waals surface area (Å²) < 4.78 is 52.8. The molecule has 0 atom stereocenters. The Hall–Kier alpha value is -1.70. The van der Waals surface area contributed by atoms with Crippen molar-refractivity contribution < 1.29 is 22.5 Å². The Balaban J connectivity index is 2.52. The number of nitrogens with zero attached hydrogens (tertiary/aromatic N) is 1. The topological polar surface area (TPSA) is 69.2 Å². The zero-order chi connectivity index (χ0) is 13.7. The molecule has 1 aromatic rings. The molecule has 0 radical (unpaired) electrons. The predicted octanol–water partition coefficient (Wildman–Crippen LogP) is 2.46. The second kappa shape index (κ2) is 3.64. The molecule has 1 aliphatic carbocycles. The van der Waals surface area contributed by atoms with Crippen LogP contribution in [-0.4, -0.2) is 10.8 Å². The van der Waals surface area contributed by atoms with Crippen molar-refractivity contribution in [3.8, 4) is 0 Å². The SMILES string of the molecule is NC1(c2c(F)ccc([N+](=O)[O-])c2F)CC(F)(F)C1. The maximum atomic E-state index is 13.7. The molecule has 4 nitrogen and oxygen atoms in total. The van der Waals surface area contributed by atoms with Crippen molar-refractivity contribution in [2.24, 2.45) is 5.73 Å². The molecule has 8 heteroatoms. The molecule has 0 bridgehead atoms. The van der Waals surface area contributed by atoms with Gasteiger partial charge in [0.25, 0.3) is 5.92 Å². The lowest BCUT2D eigenvalue weighted by Crippen LogP contribution is -2.56. The van der Waals surface area contributed by atoms with Gasteiger partial charge in [0.1, 0.15) is 5.82 Å². The summed E-state index contributed by atoms with van der Waals surface area (Å²) >= 11 is 0. The first-order valence-corrected chi connectivity index (χ1v) is 4.96. The van der Waals surface area contributed by atoms with Gasteiger partial charge >= 0.3 is 5.69 Å². The summed E-state index contributed by atoms with van der Waals surface area (Å²) in [4.78, 5) is 9.44. The molecule has 0 amide bonds. The van der Waals surface area contributed by atoms with Crippen LogP contribution in [0.1, 0.15) is 18.4 Å². The number of hydrogen-bond donors (Lipinski definition) is 1. The summed E-state index contributed by atoms with van der Waals surface area (Å²) in [5.74, 6) is -5.74. The van der Waals surface area contributed by atoms with Gasteiger partial charge in [-0.05, 0) is 6.07 Å². The first-order chi connectivity index (χ1) is 8.16. The normalized spacial score (nSPS) is 20.3. The third kappa shape index (κ3) is 1.82. The van der Waals surface area contributed by atoms with Gasteiger partial charge in [0, 0.05) is 18.9 Å². The smallest absolute Gasteiger partial charge is 0.305 e. The third-order valence-corrected chi connectivity index (χ3v) is 2.91. The second-order valence-electron chi connectivity index (χ2n) is 4.38. The van der Waals surface area contributed by atoms with Crippen LogP contribution in [0, 0.1) is 21.7 Å². The third-order valence-electron chi connectivity index (χ3n) is 2.91. The molecule has 1 aromatic carbocycles. The molecule has 0 saturated heterocycles. The van der Waals surface area contributed by atoms with E-state index in [-0.39, 0.29) is 0 Å². The van der Waals surface area contributed by atoms with Crippen LogP contribution in [0.2, 0.25) is 0 Å². The minimum Gasteiger partial charge on any atom is -0.321 e. The Morgan fingerprint density at radius 1 is 1.28 bits per heavy atom. The lowest BCUT2D eigenvalue weighted by molar-refractivity contribution is -0.387. The molecule has 0 unspecified atom stereocenters. The van der Waals surface area contributed by atoms with Crippen LogP contribution < -0.4 is 5.73 Å². The number of hydrogen-bond acceptors (Lipinski definition) is 3. The number of nitro benzene ring substituents is 1. The molecule has 0 aromatic heterocycles. The molecular formula is C10H8F4N2O2. The number of alkyl halides is 2. The number of benzene rings is 1. The highest BCUT2D eigenvalue weighted by Gasteiger charge is 2.57. The zero-order valence-electron chi connectivity index (χ0n) is 8.92. The second-order valence-corrected chi connectivity index (χ2v) is 4.38. The van der Waals surface area contributed by atoms with E-state index in [1.165, 1.54) is 0 Å². The molecular weight excluding hydrogens is 256 g/mol. The number of rotatable bonds is 2. The molecule has 18 heavy (non-hydrogen) atoms. The molecule has 98 valence electrons. The van der Waals surface area contributed by atoms with Crippen LogP contribution in [0.3, 0.4) is 0 Å². The van der Waals surface area contributed by atoms with Gasteiger partial charge < -0.3 is 5.73 Å². The van der Waals surface area contributed by atoms with E-state index in [1.807, 2.05) is 0 Å². The summed E-state index contributed by atoms with van der Waals surface area (Å²) in [5.41, 5.74) is 1.76. The Morgan fingerprint density at radius 3 is 2.28 bits per heavy atom. The van der Waals surface area contributed by atoms with E-state index in [4.69, 9.17) is 5.73 Å². The van der Waals surface area contributed by atoms with Crippen LogP contribution in [0.5, 0.6) is 0 Å². The van der Waals surface area contributed by atoms with Gasteiger partial charge in [0.2, 0.25) is 5.82 Å². The van der Waals surface area contributed by atoms with Crippen LogP contribution >= 0.6 is 0 Å². The van der Waals surface area contributed by atoms with Crippen molar-refractivity contribution in [3.05, 3.63) is 39.4 Å². The van der Waals surface area contributed by atoms with Gasteiger partial charge in [-0.3, -0.25) is 10.1 Å². The van der Waals surface area contributed by atoms with Gasteiger partial charge in [-0.2, -0.15) is 4.39 Å². The Morgan fingerprint density at radius 2 is 1.83 bits per heavy atom. The van der Waals surface area contributed by atoms with Crippen LogP contribution in [0.15, 0.2) is 12.1 Å². The van der Waals surface area contributed by atoms with E-state index in [0.29, 0.717) is 12.1 Å². The van der Waals surface area contributed by atoms with Crippen molar-refractivity contribution in [1.29, 1.82) is 0 Å². The Labute approximate surface area is 98.5 Å². The quantitative estimate of drug-likeness (QED) is 0.506. The molecule has 0 heterocycles. The predicted molar refractivity (Wildman–Crippen MR) is 53.1 cm³/mol. The van der Waals surface area contributed by atoms with Crippen molar-refractivity contribution in [1.82, 2.24) is 0 Å². The average molecular weight is 264 g/mol. The Kier molecular flexibility index (Phi) is 2.58. The van der Waals surface area contributed by atoms with E-state index >= 15 is 0 Å². The molecule has 1 aliphatic rings. The fourth-order valence-corrected chi connectivity index (χ4v) is 2.19. The standard InChI is InChI=1S/C10H8F4N2O2/c11-5-1-2-6(16(17)18)8(12)7(5)9(15)3-10(13,14)4-9/h1-2H,3-4,15H2. The maximum Gasteiger partial charge on any atom is 0.305 e. The monoisotopic (exact) mass is 264 g/mol. The van der Waals surface area contributed by atoms with E-state index in [1.54, 1.807) is 0 Å². The van der Waals surface area contributed by atoms with Gasteiger partial charge in [0.05, 0.1) is 16.0 Å². The highest BCUT2D eigenvalue weighted by atomic mass is 19.3. The number of halogens is 4. The van der Waals surface area contributed by atoms with Crippen molar-refractivity contribution in [2.45, 2.75) is 24.3 Å². The van der Waals surface area contributed by atoms with E-state index < -0.39 is 52.1 Å². The molecule has 1 fully saturated rings. The highest BCUT2D eigenvalue weighted by molar-refractivity contribution is 5.42. The molecule has 1 saturated carbocycles. The van der Waals surface area contributed by atoms with Gasteiger partial charge in [-0.15, -0.1) is 0 Å². The van der Waals surface area contributed by atoms with Gasteiger partial charge in [-0.25, -0.2) is 13.2 Å². The fourth-order valence-electron chi connectivity index (χ4n) is 2.19.